The Kier molecular flexibility index (Phi) is 7.35. The number of Topliss-reactive ketones (excluding diaryl/α,β-unsaturated/α-hetero) is 1. The fraction of sp³-hybridized carbons (Fsp3) is 0.367. The number of halogens is 1. The van der Waals surface area contributed by atoms with Gasteiger partial charge >= 0.3 is 0 Å². The highest BCUT2D eigenvalue weighted by molar-refractivity contribution is 9.10. The monoisotopic (exact) mass is 647 g/mol. The maximum absolute atomic E-state index is 13.9. The van der Waals surface area contributed by atoms with Crippen molar-refractivity contribution < 1.29 is 24.6 Å². The average Bonchev–Trinajstić information content (AvgIpc) is 3.41. The van der Waals surface area contributed by atoms with Gasteiger partial charge in [-0.05, 0) is 77.5 Å². The number of hydrogen-bond donors (Lipinski definition) is 3. The molecular weight excluding hydrogens is 618 g/mol. The molecular formula is C30H30BrN7O5. The third-order valence-corrected chi connectivity index (χ3v) is 8.90. The minimum absolute atomic E-state index is 0.122. The standard InChI is InChI=1S/C30H30BrN7O5/c1-15-4-5-23(31)34-28(15)35-29(43)21-8-30(14-40)9-22(30)38(21)25(42)12-37-27-16(2)6-18(7-20(27)26(36-37)17(3)41)19-10-32-24(13-39)33-11-19/h4-7,10-11,21-22,39-40H,8-9,12-14H2,1-3H3,(H,34,35,43)/t21-,22+,30-/m0/s1. The van der Waals surface area contributed by atoms with Crippen molar-refractivity contribution in [3.63, 3.8) is 0 Å². The lowest BCUT2D eigenvalue weighted by Gasteiger charge is -2.27. The van der Waals surface area contributed by atoms with Gasteiger partial charge in [-0.25, -0.2) is 15.0 Å². The van der Waals surface area contributed by atoms with E-state index in [1.54, 1.807) is 23.4 Å². The number of aromatic nitrogens is 5. The van der Waals surface area contributed by atoms with Gasteiger partial charge in [0, 0.05) is 41.7 Å². The molecule has 43 heavy (non-hydrogen) atoms. The number of anilines is 1. The second-order valence-corrected chi connectivity index (χ2v) is 12.2. The van der Waals surface area contributed by atoms with E-state index in [1.165, 1.54) is 11.6 Å². The van der Waals surface area contributed by atoms with E-state index in [2.05, 4.69) is 41.3 Å². The Morgan fingerprint density at radius 3 is 2.49 bits per heavy atom. The average molecular weight is 649 g/mol. The molecule has 222 valence electrons. The lowest BCUT2D eigenvalue weighted by Crippen LogP contribution is -2.47. The first-order valence-electron chi connectivity index (χ1n) is 13.9. The molecule has 2 aliphatic rings. The highest BCUT2D eigenvalue weighted by Crippen LogP contribution is 2.59. The van der Waals surface area contributed by atoms with Gasteiger partial charge in [-0.1, -0.05) is 6.07 Å². The smallest absolute Gasteiger partial charge is 0.248 e. The summed E-state index contributed by atoms with van der Waals surface area (Å²) in [5.41, 5.74) is 3.39. The fourth-order valence-corrected chi connectivity index (χ4v) is 6.45. The molecule has 0 bridgehead atoms. The zero-order valence-corrected chi connectivity index (χ0v) is 25.4. The summed E-state index contributed by atoms with van der Waals surface area (Å²) < 4.78 is 2.09. The van der Waals surface area contributed by atoms with E-state index in [0.29, 0.717) is 45.6 Å². The number of aliphatic hydroxyl groups excluding tert-OH is 2. The lowest BCUT2D eigenvalue weighted by molar-refractivity contribution is -0.138. The molecule has 3 N–H and O–H groups in total. The van der Waals surface area contributed by atoms with Crippen molar-refractivity contribution in [2.45, 2.75) is 58.8 Å². The summed E-state index contributed by atoms with van der Waals surface area (Å²) in [6.07, 6.45) is 4.17. The molecule has 13 heteroatoms. The van der Waals surface area contributed by atoms with Crippen molar-refractivity contribution in [3.8, 4) is 11.1 Å². The molecule has 4 heterocycles. The molecule has 1 aliphatic carbocycles. The molecule has 1 saturated carbocycles. The SMILES string of the molecule is CC(=O)c1nn(CC(=O)N2[C@H](C(=O)Nc3nc(Br)ccc3C)C[C@@]3(CO)C[C@@H]23)c2c(C)cc(-c3cnc(CO)nc3)cc12. The van der Waals surface area contributed by atoms with E-state index in [-0.39, 0.29) is 49.1 Å². The molecule has 2 fully saturated rings. The summed E-state index contributed by atoms with van der Waals surface area (Å²) in [5, 5.41) is 27.4. The van der Waals surface area contributed by atoms with E-state index in [9.17, 15) is 24.6 Å². The molecule has 0 unspecified atom stereocenters. The normalized spacial score (nSPS) is 20.7. The number of benzene rings is 1. The van der Waals surface area contributed by atoms with E-state index in [1.807, 2.05) is 32.0 Å². The van der Waals surface area contributed by atoms with Crippen LogP contribution in [0.15, 0.2) is 41.3 Å². The molecule has 1 aromatic carbocycles. The topological polar surface area (TPSA) is 163 Å². The zero-order valence-electron chi connectivity index (χ0n) is 23.8. The van der Waals surface area contributed by atoms with Crippen molar-refractivity contribution >= 4 is 50.2 Å². The van der Waals surface area contributed by atoms with Crippen molar-refractivity contribution in [1.29, 1.82) is 0 Å². The van der Waals surface area contributed by atoms with Crippen LogP contribution >= 0.6 is 15.9 Å². The molecule has 1 aliphatic heterocycles. The molecule has 0 radical (unpaired) electrons. The number of rotatable bonds is 8. The van der Waals surface area contributed by atoms with Crippen LogP contribution in [-0.4, -0.2) is 76.1 Å². The Bertz CT molecular complexity index is 1790. The first-order chi connectivity index (χ1) is 20.5. The largest absolute Gasteiger partial charge is 0.396 e. The van der Waals surface area contributed by atoms with Gasteiger partial charge in [0.2, 0.25) is 11.8 Å². The van der Waals surface area contributed by atoms with Gasteiger partial charge in [0.25, 0.3) is 0 Å². The third-order valence-electron chi connectivity index (χ3n) is 8.46. The second-order valence-electron chi connectivity index (χ2n) is 11.3. The summed E-state index contributed by atoms with van der Waals surface area (Å²) >= 11 is 3.33. The quantitative estimate of drug-likeness (QED) is 0.193. The van der Waals surface area contributed by atoms with Crippen LogP contribution in [-0.2, 0) is 22.7 Å². The molecule has 12 nitrogen and oxygen atoms in total. The first-order valence-corrected chi connectivity index (χ1v) is 14.6. The van der Waals surface area contributed by atoms with Gasteiger partial charge in [0.05, 0.1) is 12.1 Å². The number of nitrogens with one attached hydrogen (secondary N) is 1. The van der Waals surface area contributed by atoms with E-state index in [0.717, 1.165) is 16.7 Å². The number of carbonyl (C=O) groups is 3. The van der Waals surface area contributed by atoms with Gasteiger partial charge in [0.1, 0.15) is 35.3 Å². The van der Waals surface area contributed by atoms with Crippen molar-refractivity contribution in [1.82, 2.24) is 29.6 Å². The van der Waals surface area contributed by atoms with Crippen LogP contribution in [0.4, 0.5) is 5.82 Å². The maximum atomic E-state index is 13.9. The predicted molar refractivity (Wildman–Crippen MR) is 160 cm³/mol. The molecule has 2 amide bonds. The van der Waals surface area contributed by atoms with Crippen LogP contribution < -0.4 is 5.32 Å². The Labute approximate surface area is 255 Å². The van der Waals surface area contributed by atoms with Crippen LogP contribution in [0.25, 0.3) is 22.0 Å². The number of hydrogen-bond acceptors (Lipinski definition) is 9. The molecule has 3 atom stereocenters. The molecule has 0 spiro atoms. The molecule has 4 aromatic rings. The Balaban J connectivity index is 1.32. The summed E-state index contributed by atoms with van der Waals surface area (Å²) in [7, 11) is 0. The Hall–Kier alpha value is -4.07. The highest BCUT2D eigenvalue weighted by atomic mass is 79.9. The van der Waals surface area contributed by atoms with Crippen LogP contribution in [0.1, 0.15) is 47.2 Å². The van der Waals surface area contributed by atoms with Crippen molar-refractivity contribution in [3.05, 3.63) is 63.9 Å². The lowest BCUT2D eigenvalue weighted by atomic mass is 10.00. The third kappa shape index (κ3) is 5.11. The van der Waals surface area contributed by atoms with Crippen LogP contribution in [0, 0.1) is 19.3 Å². The number of ketones is 1. The van der Waals surface area contributed by atoms with E-state index < -0.39 is 11.5 Å². The summed E-state index contributed by atoms with van der Waals surface area (Å²) in [6, 6.07) is 6.28. The van der Waals surface area contributed by atoms with Gasteiger partial charge in [-0.2, -0.15) is 5.10 Å². The van der Waals surface area contributed by atoms with Gasteiger partial charge in [-0.15, -0.1) is 0 Å². The number of aliphatic hydroxyl groups is 2. The van der Waals surface area contributed by atoms with Crippen LogP contribution in [0.5, 0.6) is 0 Å². The number of likely N-dealkylation sites (tertiary alicyclic amines) is 1. The second kappa shape index (κ2) is 10.9. The fourth-order valence-electron chi connectivity index (χ4n) is 6.14. The highest BCUT2D eigenvalue weighted by Gasteiger charge is 2.66. The summed E-state index contributed by atoms with van der Waals surface area (Å²) in [4.78, 5) is 54.3. The van der Waals surface area contributed by atoms with Gasteiger partial charge in [-0.3, -0.25) is 19.1 Å². The zero-order chi connectivity index (χ0) is 30.6. The Morgan fingerprint density at radius 2 is 1.81 bits per heavy atom. The minimum Gasteiger partial charge on any atom is -0.396 e. The van der Waals surface area contributed by atoms with Gasteiger partial charge in [0.15, 0.2) is 11.6 Å². The number of piperidine rings is 1. The van der Waals surface area contributed by atoms with Crippen LogP contribution in [0.3, 0.4) is 0 Å². The number of pyridine rings is 1. The maximum Gasteiger partial charge on any atom is 0.248 e. The van der Waals surface area contributed by atoms with Crippen LogP contribution in [0.2, 0.25) is 0 Å². The number of amides is 2. The first kappa shape index (κ1) is 29.0. The number of fused-ring (bicyclic) bond motifs is 2. The van der Waals surface area contributed by atoms with E-state index >= 15 is 0 Å². The predicted octanol–water partition coefficient (Wildman–Crippen LogP) is 2.95. The number of aryl methyl sites for hydroxylation is 2. The number of nitrogens with zero attached hydrogens (tertiary/aromatic N) is 6. The van der Waals surface area contributed by atoms with E-state index in [4.69, 9.17) is 0 Å². The molecule has 6 rings (SSSR count). The van der Waals surface area contributed by atoms with Gasteiger partial charge < -0.3 is 20.4 Å². The minimum atomic E-state index is -0.790. The molecule has 3 aromatic heterocycles. The summed E-state index contributed by atoms with van der Waals surface area (Å²) in [6.45, 7) is 4.55. The number of carbonyl (C=O) groups excluding carboxylic acids is 3. The summed E-state index contributed by atoms with van der Waals surface area (Å²) in [5.74, 6) is -0.246. The van der Waals surface area contributed by atoms with Crippen molar-refractivity contribution in [2.24, 2.45) is 5.41 Å². The molecule has 1 saturated heterocycles. The van der Waals surface area contributed by atoms with Crippen molar-refractivity contribution in [2.75, 3.05) is 11.9 Å². The Morgan fingerprint density at radius 1 is 1.07 bits per heavy atom.